The molecule has 8 heteroatoms. The first-order chi connectivity index (χ1) is 17.3. The quantitative estimate of drug-likeness (QED) is 0.265. The number of hydrogen-bond acceptors (Lipinski definition) is 6. The maximum atomic E-state index is 13.4. The number of carbonyl (C=O) groups excluding carboxylic acids is 2. The summed E-state index contributed by atoms with van der Waals surface area (Å²) in [6.07, 6.45) is 0. The van der Waals surface area contributed by atoms with Crippen LogP contribution in [0.4, 0.5) is 0 Å². The molecule has 1 unspecified atom stereocenters. The van der Waals surface area contributed by atoms with Gasteiger partial charge in [0.1, 0.15) is 23.0 Å². The van der Waals surface area contributed by atoms with Crippen molar-refractivity contribution in [3.8, 4) is 17.2 Å². The van der Waals surface area contributed by atoms with E-state index in [1.165, 1.54) is 31.3 Å². The molecule has 186 valence electrons. The van der Waals surface area contributed by atoms with Gasteiger partial charge in [0.2, 0.25) is 0 Å². The Morgan fingerprint density at radius 3 is 2.28 bits per heavy atom. The van der Waals surface area contributed by atoms with Crippen LogP contribution in [0.15, 0.2) is 66.2 Å². The number of likely N-dealkylation sites (tertiary alicyclic amines) is 1. The molecular formula is C28H26ClNO6. The third-order valence-corrected chi connectivity index (χ3v) is 6.46. The smallest absolute Gasteiger partial charge is 0.295 e. The van der Waals surface area contributed by atoms with Crippen LogP contribution in [0.2, 0.25) is 5.02 Å². The number of rotatable bonds is 7. The van der Waals surface area contributed by atoms with Crippen LogP contribution in [0.3, 0.4) is 0 Å². The molecule has 4 rings (SSSR count). The molecule has 0 radical (unpaired) electrons. The fraction of sp³-hybridized carbons (Fsp3) is 0.214. The molecular weight excluding hydrogens is 482 g/mol. The number of ketones is 1. The second kappa shape index (κ2) is 10.3. The number of Topliss-reactive ketones (excluding diaryl/α,β-unsaturated/α-hetero) is 1. The molecule has 0 bridgehead atoms. The molecule has 3 aromatic rings. The van der Waals surface area contributed by atoms with Crippen molar-refractivity contribution in [2.75, 3.05) is 21.3 Å². The topological polar surface area (TPSA) is 85.3 Å². The van der Waals surface area contributed by atoms with Crippen molar-refractivity contribution in [1.29, 1.82) is 0 Å². The van der Waals surface area contributed by atoms with Crippen molar-refractivity contribution < 1.29 is 28.9 Å². The Bertz CT molecular complexity index is 1370. The number of benzene rings is 3. The van der Waals surface area contributed by atoms with E-state index >= 15 is 0 Å². The lowest BCUT2D eigenvalue weighted by Crippen LogP contribution is -2.29. The summed E-state index contributed by atoms with van der Waals surface area (Å²) >= 11 is 6.33. The summed E-state index contributed by atoms with van der Waals surface area (Å²) in [5.41, 5.74) is 2.48. The van der Waals surface area contributed by atoms with Gasteiger partial charge >= 0.3 is 0 Å². The fourth-order valence-corrected chi connectivity index (χ4v) is 4.68. The number of methoxy groups -OCH3 is 3. The van der Waals surface area contributed by atoms with Gasteiger partial charge in [-0.1, -0.05) is 59.6 Å². The molecule has 1 heterocycles. The largest absolute Gasteiger partial charge is 0.507 e. The van der Waals surface area contributed by atoms with Gasteiger partial charge in [-0.25, -0.2) is 0 Å². The number of ether oxygens (including phenoxy) is 3. The molecule has 36 heavy (non-hydrogen) atoms. The Morgan fingerprint density at radius 2 is 1.61 bits per heavy atom. The summed E-state index contributed by atoms with van der Waals surface area (Å²) in [5.74, 6) is -0.741. The number of aliphatic hydroxyl groups excluding tert-OH is 1. The highest BCUT2D eigenvalue weighted by molar-refractivity contribution is 6.46. The first-order valence-electron chi connectivity index (χ1n) is 11.2. The Labute approximate surface area is 214 Å². The fourth-order valence-electron chi connectivity index (χ4n) is 4.44. The molecule has 0 saturated carbocycles. The maximum Gasteiger partial charge on any atom is 0.295 e. The summed E-state index contributed by atoms with van der Waals surface area (Å²) in [6, 6.07) is 16.9. The summed E-state index contributed by atoms with van der Waals surface area (Å²) in [5, 5.41) is 11.7. The van der Waals surface area contributed by atoms with E-state index in [2.05, 4.69) is 0 Å². The highest BCUT2D eigenvalue weighted by Gasteiger charge is 2.46. The van der Waals surface area contributed by atoms with E-state index in [4.69, 9.17) is 25.8 Å². The van der Waals surface area contributed by atoms with E-state index in [-0.39, 0.29) is 34.2 Å². The lowest BCUT2D eigenvalue weighted by molar-refractivity contribution is -0.140. The highest BCUT2D eigenvalue weighted by Crippen LogP contribution is 2.44. The van der Waals surface area contributed by atoms with Crippen LogP contribution >= 0.6 is 11.6 Å². The Hall–Kier alpha value is -3.97. The average Bonchev–Trinajstić information content (AvgIpc) is 3.13. The number of para-hydroxylation sites is 1. The van der Waals surface area contributed by atoms with Gasteiger partial charge in [-0.3, -0.25) is 9.59 Å². The van der Waals surface area contributed by atoms with E-state index < -0.39 is 17.7 Å². The first kappa shape index (κ1) is 25.1. The number of carbonyl (C=O) groups is 2. The van der Waals surface area contributed by atoms with Gasteiger partial charge < -0.3 is 24.2 Å². The predicted octanol–water partition coefficient (Wildman–Crippen LogP) is 5.30. The van der Waals surface area contributed by atoms with Gasteiger partial charge in [0.15, 0.2) is 0 Å². The van der Waals surface area contributed by atoms with Crippen molar-refractivity contribution in [1.82, 2.24) is 4.90 Å². The SMILES string of the molecule is COc1cc(OC)c(/C(O)=C2\C(=O)C(=O)N(Cc3ccccc3OC)C2c2cccc(C)c2)cc1Cl. The van der Waals surface area contributed by atoms with Crippen LogP contribution in [0, 0.1) is 6.92 Å². The number of amides is 1. The Kier molecular flexibility index (Phi) is 7.22. The summed E-state index contributed by atoms with van der Waals surface area (Å²) in [7, 11) is 4.43. The van der Waals surface area contributed by atoms with Crippen molar-refractivity contribution >= 4 is 29.1 Å². The number of aliphatic hydroxyl groups is 1. The molecule has 3 aromatic carbocycles. The van der Waals surface area contributed by atoms with Crippen molar-refractivity contribution in [3.05, 3.63) is 93.5 Å². The van der Waals surface area contributed by atoms with Gasteiger partial charge in [-0.15, -0.1) is 0 Å². The van der Waals surface area contributed by atoms with E-state index in [1.807, 2.05) is 49.4 Å². The molecule has 1 N–H and O–H groups in total. The van der Waals surface area contributed by atoms with Crippen molar-refractivity contribution in [2.24, 2.45) is 0 Å². The molecule has 1 aliphatic heterocycles. The van der Waals surface area contributed by atoms with Gasteiger partial charge in [0.05, 0.1) is 50.1 Å². The van der Waals surface area contributed by atoms with Crippen molar-refractivity contribution in [2.45, 2.75) is 19.5 Å². The van der Waals surface area contributed by atoms with Crippen LogP contribution in [0.25, 0.3) is 5.76 Å². The lowest BCUT2D eigenvalue weighted by Gasteiger charge is -2.26. The van der Waals surface area contributed by atoms with Crippen LogP contribution in [0.5, 0.6) is 17.2 Å². The van der Waals surface area contributed by atoms with Crippen molar-refractivity contribution in [3.63, 3.8) is 0 Å². The zero-order valence-corrected chi connectivity index (χ0v) is 21.1. The molecule has 1 atom stereocenters. The number of hydrogen-bond donors (Lipinski definition) is 1. The third-order valence-electron chi connectivity index (χ3n) is 6.16. The minimum absolute atomic E-state index is 0.0555. The average molecular weight is 508 g/mol. The normalized spacial score (nSPS) is 16.8. The molecule has 1 amide bonds. The molecule has 1 fully saturated rings. The van der Waals surface area contributed by atoms with Crippen LogP contribution in [-0.2, 0) is 16.1 Å². The van der Waals surface area contributed by atoms with E-state index in [9.17, 15) is 14.7 Å². The standard InChI is InChI=1S/C28H26ClNO6/c1-16-8-7-10-17(12-16)25-24(26(31)19-13-20(29)23(36-4)14-22(19)35-3)27(32)28(33)30(25)15-18-9-5-6-11-21(18)34-2/h5-14,25,31H,15H2,1-4H3/b26-24+. The molecule has 0 aliphatic carbocycles. The third kappa shape index (κ3) is 4.50. The molecule has 0 aromatic heterocycles. The maximum absolute atomic E-state index is 13.4. The molecule has 1 saturated heterocycles. The van der Waals surface area contributed by atoms with E-state index in [1.54, 1.807) is 13.2 Å². The zero-order valence-electron chi connectivity index (χ0n) is 20.4. The minimum atomic E-state index is -0.847. The highest BCUT2D eigenvalue weighted by atomic mass is 35.5. The summed E-state index contributed by atoms with van der Waals surface area (Å²) < 4.78 is 16.1. The van der Waals surface area contributed by atoms with Gasteiger partial charge in [0, 0.05) is 11.6 Å². The molecule has 1 aliphatic rings. The zero-order chi connectivity index (χ0) is 26.0. The predicted molar refractivity (Wildman–Crippen MR) is 137 cm³/mol. The Morgan fingerprint density at radius 1 is 0.917 bits per heavy atom. The van der Waals surface area contributed by atoms with Crippen LogP contribution < -0.4 is 14.2 Å². The first-order valence-corrected chi connectivity index (χ1v) is 11.6. The van der Waals surface area contributed by atoms with Gasteiger partial charge in [-0.05, 0) is 24.6 Å². The lowest BCUT2D eigenvalue weighted by atomic mass is 9.94. The van der Waals surface area contributed by atoms with E-state index in [0.717, 1.165) is 11.1 Å². The van der Waals surface area contributed by atoms with Gasteiger partial charge in [-0.2, -0.15) is 0 Å². The molecule has 0 spiro atoms. The van der Waals surface area contributed by atoms with Crippen LogP contribution in [0.1, 0.15) is 28.3 Å². The minimum Gasteiger partial charge on any atom is -0.507 e. The van der Waals surface area contributed by atoms with E-state index in [0.29, 0.717) is 17.1 Å². The van der Waals surface area contributed by atoms with Gasteiger partial charge in [0.25, 0.3) is 11.7 Å². The Balaban J connectivity index is 1.93. The number of nitrogens with zero attached hydrogens (tertiary/aromatic N) is 1. The summed E-state index contributed by atoms with van der Waals surface area (Å²) in [4.78, 5) is 28.2. The van der Waals surface area contributed by atoms with Crippen LogP contribution in [-0.4, -0.2) is 43.0 Å². The molecule has 7 nitrogen and oxygen atoms in total. The number of halogens is 1. The second-order valence-corrected chi connectivity index (χ2v) is 8.75. The number of aryl methyl sites for hydroxylation is 1. The monoisotopic (exact) mass is 507 g/mol. The second-order valence-electron chi connectivity index (χ2n) is 8.34. The summed E-state index contributed by atoms with van der Waals surface area (Å²) in [6.45, 7) is 2.02.